The lowest BCUT2D eigenvalue weighted by Crippen LogP contribution is -2.46. The number of carbonyl (C=O) groups excluding carboxylic acids is 1. The Balaban J connectivity index is 1.42. The van der Waals surface area contributed by atoms with Crippen LogP contribution in [0.15, 0.2) is 48.7 Å². The minimum Gasteiger partial charge on any atom is -0.457 e. The number of aromatic nitrogens is 1. The van der Waals surface area contributed by atoms with E-state index in [1.165, 1.54) is 10.5 Å². The molecule has 1 aliphatic heterocycles. The SMILES string of the molecule is CN(C)C(=O)OCOc1ccc(CN2CCN(c3ccccn3)CC2)cc1. The highest BCUT2D eigenvalue weighted by molar-refractivity contribution is 5.66. The Kier molecular flexibility index (Phi) is 6.49. The lowest BCUT2D eigenvalue weighted by molar-refractivity contribution is 0.0433. The van der Waals surface area contributed by atoms with E-state index in [0.29, 0.717) is 5.75 Å². The fraction of sp³-hybridized carbons (Fsp3) is 0.400. The van der Waals surface area contributed by atoms with E-state index in [4.69, 9.17) is 9.47 Å². The number of benzene rings is 1. The van der Waals surface area contributed by atoms with E-state index in [0.717, 1.165) is 38.5 Å². The first-order valence-corrected chi connectivity index (χ1v) is 9.06. The third-order valence-electron chi connectivity index (χ3n) is 4.45. The summed E-state index contributed by atoms with van der Waals surface area (Å²) < 4.78 is 10.4. The Morgan fingerprint density at radius 1 is 1.07 bits per heavy atom. The number of nitrogens with zero attached hydrogens (tertiary/aromatic N) is 4. The van der Waals surface area contributed by atoms with E-state index in [9.17, 15) is 4.79 Å². The second kappa shape index (κ2) is 9.23. The molecule has 0 radical (unpaired) electrons. The fourth-order valence-electron chi connectivity index (χ4n) is 2.90. The van der Waals surface area contributed by atoms with Crippen molar-refractivity contribution < 1.29 is 14.3 Å². The normalized spacial score (nSPS) is 14.7. The molecule has 1 fully saturated rings. The van der Waals surface area contributed by atoms with Crippen LogP contribution in [0.4, 0.5) is 10.6 Å². The lowest BCUT2D eigenvalue weighted by Gasteiger charge is -2.35. The second-order valence-electron chi connectivity index (χ2n) is 6.66. The van der Waals surface area contributed by atoms with Gasteiger partial charge in [-0.2, -0.15) is 0 Å². The minimum atomic E-state index is -0.420. The van der Waals surface area contributed by atoms with Crippen LogP contribution in [-0.4, -0.2) is 67.9 Å². The van der Waals surface area contributed by atoms with Gasteiger partial charge in [-0.3, -0.25) is 4.90 Å². The maximum atomic E-state index is 11.3. The summed E-state index contributed by atoms with van der Waals surface area (Å²) >= 11 is 0. The van der Waals surface area contributed by atoms with Crippen LogP contribution in [0.25, 0.3) is 0 Å². The molecule has 0 unspecified atom stereocenters. The maximum Gasteiger partial charge on any atom is 0.412 e. The van der Waals surface area contributed by atoms with Gasteiger partial charge in [0.2, 0.25) is 6.79 Å². The number of ether oxygens (including phenoxy) is 2. The molecule has 0 N–H and O–H groups in total. The van der Waals surface area contributed by atoms with Crippen LogP contribution >= 0.6 is 0 Å². The van der Waals surface area contributed by atoms with Crippen LogP contribution in [-0.2, 0) is 11.3 Å². The summed E-state index contributed by atoms with van der Waals surface area (Å²) in [6.45, 7) is 4.80. The van der Waals surface area contributed by atoms with Crippen LogP contribution in [0.3, 0.4) is 0 Å². The van der Waals surface area contributed by atoms with Gasteiger partial charge in [0.05, 0.1) is 0 Å². The third kappa shape index (κ3) is 5.59. The van der Waals surface area contributed by atoms with Gasteiger partial charge in [-0.1, -0.05) is 18.2 Å². The Hall–Kier alpha value is -2.80. The summed E-state index contributed by atoms with van der Waals surface area (Å²) in [7, 11) is 3.26. The molecule has 1 aromatic heterocycles. The van der Waals surface area contributed by atoms with Gasteiger partial charge in [-0.25, -0.2) is 9.78 Å². The number of pyridine rings is 1. The molecule has 0 spiro atoms. The summed E-state index contributed by atoms with van der Waals surface area (Å²) in [5.41, 5.74) is 1.24. The Morgan fingerprint density at radius 3 is 2.44 bits per heavy atom. The molecule has 0 atom stereocenters. The molecule has 0 saturated carbocycles. The van der Waals surface area contributed by atoms with Gasteiger partial charge in [0.1, 0.15) is 11.6 Å². The zero-order valence-electron chi connectivity index (χ0n) is 15.9. The Morgan fingerprint density at radius 2 is 1.81 bits per heavy atom. The van der Waals surface area contributed by atoms with E-state index < -0.39 is 6.09 Å². The number of piperazine rings is 1. The van der Waals surface area contributed by atoms with Gasteiger partial charge in [0, 0.05) is 53.0 Å². The van der Waals surface area contributed by atoms with Gasteiger partial charge >= 0.3 is 6.09 Å². The molecule has 27 heavy (non-hydrogen) atoms. The molecule has 1 amide bonds. The molecule has 0 aliphatic carbocycles. The second-order valence-corrected chi connectivity index (χ2v) is 6.66. The smallest absolute Gasteiger partial charge is 0.412 e. The summed E-state index contributed by atoms with van der Waals surface area (Å²) in [4.78, 5) is 21.9. The molecule has 144 valence electrons. The molecule has 0 bridgehead atoms. The molecule has 2 aromatic rings. The zero-order chi connectivity index (χ0) is 19.1. The first kappa shape index (κ1) is 19.0. The standard InChI is InChI=1S/C20H26N4O3/c1-22(2)20(25)27-16-26-18-8-6-17(7-9-18)15-23-11-13-24(14-12-23)19-5-3-4-10-21-19/h3-10H,11-16H2,1-2H3. The van der Waals surface area contributed by atoms with Crippen molar-refractivity contribution in [2.24, 2.45) is 0 Å². The van der Waals surface area contributed by atoms with E-state index in [1.807, 2.05) is 42.6 Å². The molecule has 1 saturated heterocycles. The lowest BCUT2D eigenvalue weighted by atomic mass is 10.2. The van der Waals surface area contributed by atoms with Gasteiger partial charge in [0.15, 0.2) is 0 Å². The summed E-state index contributed by atoms with van der Waals surface area (Å²) in [5.74, 6) is 1.74. The van der Waals surface area contributed by atoms with Crippen molar-refractivity contribution in [3.63, 3.8) is 0 Å². The number of hydrogen-bond donors (Lipinski definition) is 0. The topological polar surface area (TPSA) is 58.1 Å². The molecule has 1 aromatic carbocycles. The summed E-state index contributed by atoms with van der Waals surface area (Å²) in [6, 6.07) is 13.9. The number of hydrogen-bond acceptors (Lipinski definition) is 6. The fourth-order valence-corrected chi connectivity index (χ4v) is 2.90. The number of carbonyl (C=O) groups is 1. The molecule has 7 nitrogen and oxygen atoms in total. The predicted octanol–water partition coefficient (Wildman–Crippen LogP) is 2.44. The molecule has 3 rings (SSSR count). The van der Waals surface area contributed by atoms with Gasteiger partial charge < -0.3 is 19.3 Å². The minimum absolute atomic E-state index is 0.0914. The average molecular weight is 370 g/mol. The van der Waals surface area contributed by atoms with Crippen molar-refractivity contribution in [3.05, 3.63) is 54.2 Å². The van der Waals surface area contributed by atoms with Crippen molar-refractivity contribution in [1.29, 1.82) is 0 Å². The molecule has 1 aliphatic rings. The van der Waals surface area contributed by atoms with Crippen molar-refractivity contribution in [2.75, 3.05) is 52.0 Å². The average Bonchev–Trinajstić information content (AvgIpc) is 2.70. The Labute approximate surface area is 160 Å². The highest BCUT2D eigenvalue weighted by Gasteiger charge is 2.17. The maximum absolute atomic E-state index is 11.3. The molecular weight excluding hydrogens is 344 g/mol. The van der Waals surface area contributed by atoms with Crippen molar-refractivity contribution >= 4 is 11.9 Å². The highest BCUT2D eigenvalue weighted by Crippen LogP contribution is 2.17. The molecule has 2 heterocycles. The van der Waals surface area contributed by atoms with E-state index in [-0.39, 0.29) is 6.79 Å². The number of amides is 1. The van der Waals surface area contributed by atoms with Gasteiger partial charge in [0.25, 0.3) is 0 Å². The number of rotatable bonds is 6. The predicted molar refractivity (Wildman–Crippen MR) is 104 cm³/mol. The largest absolute Gasteiger partial charge is 0.457 e. The Bertz CT molecular complexity index is 714. The number of anilines is 1. The summed E-state index contributed by atoms with van der Waals surface area (Å²) in [5, 5.41) is 0. The molecule has 7 heteroatoms. The van der Waals surface area contributed by atoms with Crippen molar-refractivity contribution in [2.45, 2.75) is 6.54 Å². The monoisotopic (exact) mass is 370 g/mol. The van der Waals surface area contributed by atoms with Crippen LogP contribution < -0.4 is 9.64 Å². The van der Waals surface area contributed by atoms with Crippen LogP contribution in [0.1, 0.15) is 5.56 Å². The third-order valence-corrected chi connectivity index (χ3v) is 4.45. The van der Waals surface area contributed by atoms with E-state index in [2.05, 4.69) is 20.9 Å². The van der Waals surface area contributed by atoms with Crippen molar-refractivity contribution in [3.8, 4) is 5.75 Å². The van der Waals surface area contributed by atoms with E-state index in [1.54, 1.807) is 14.1 Å². The summed E-state index contributed by atoms with van der Waals surface area (Å²) in [6.07, 6.45) is 1.42. The van der Waals surface area contributed by atoms with Gasteiger partial charge in [-0.15, -0.1) is 0 Å². The first-order chi connectivity index (χ1) is 13.1. The van der Waals surface area contributed by atoms with Crippen LogP contribution in [0.2, 0.25) is 0 Å². The highest BCUT2D eigenvalue weighted by atomic mass is 16.7. The first-order valence-electron chi connectivity index (χ1n) is 9.06. The van der Waals surface area contributed by atoms with Crippen molar-refractivity contribution in [1.82, 2.24) is 14.8 Å². The quantitative estimate of drug-likeness (QED) is 0.728. The van der Waals surface area contributed by atoms with Crippen LogP contribution in [0, 0.1) is 0 Å². The molecular formula is C20H26N4O3. The van der Waals surface area contributed by atoms with Crippen LogP contribution in [0.5, 0.6) is 5.75 Å². The zero-order valence-corrected chi connectivity index (χ0v) is 15.9. The van der Waals surface area contributed by atoms with Gasteiger partial charge in [-0.05, 0) is 29.8 Å². The van der Waals surface area contributed by atoms with E-state index >= 15 is 0 Å².